The zero-order valence-corrected chi connectivity index (χ0v) is 12.9. The molecule has 0 fully saturated rings. The van der Waals surface area contributed by atoms with Gasteiger partial charge in [-0.25, -0.2) is 9.48 Å². The van der Waals surface area contributed by atoms with E-state index in [1.807, 2.05) is 42.5 Å². The van der Waals surface area contributed by atoms with E-state index in [2.05, 4.69) is 5.10 Å². The molecule has 0 aliphatic carbocycles. The van der Waals surface area contributed by atoms with Gasteiger partial charge >= 0.3 is 5.97 Å². The van der Waals surface area contributed by atoms with Crippen LogP contribution in [0.1, 0.15) is 16.1 Å². The molecule has 0 saturated carbocycles. The smallest absolute Gasteiger partial charge is 0.339 e. The third-order valence-electron chi connectivity index (χ3n) is 3.69. The van der Waals surface area contributed by atoms with E-state index in [4.69, 9.17) is 4.74 Å². The Hall–Kier alpha value is -3.08. The quantitative estimate of drug-likeness (QED) is 0.800. The molecule has 0 amide bonds. The Balaban J connectivity index is 2.18. The van der Waals surface area contributed by atoms with Crippen molar-refractivity contribution < 1.29 is 14.6 Å². The largest absolute Gasteiger partial charge is 0.497 e. The van der Waals surface area contributed by atoms with Gasteiger partial charge in [0, 0.05) is 5.56 Å². The van der Waals surface area contributed by atoms with Crippen molar-refractivity contribution in [3.63, 3.8) is 0 Å². The van der Waals surface area contributed by atoms with Gasteiger partial charge in [-0.15, -0.1) is 0 Å². The molecule has 0 saturated heterocycles. The summed E-state index contributed by atoms with van der Waals surface area (Å²) in [6.07, 6.45) is 0. The third kappa shape index (κ3) is 2.68. The zero-order chi connectivity index (χ0) is 16.4. The highest BCUT2D eigenvalue weighted by molar-refractivity contribution is 5.96. The van der Waals surface area contributed by atoms with Crippen LogP contribution in [0, 0.1) is 6.92 Å². The van der Waals surface area contributed by atoms with Crippen molar-refractivity contribution in [3.8, 4) is 22.7 Å². The molecule has 0 bridgehead atoms. The number of ether oxygens (including phenoxy) is 1. The molecule has 0 unspecified atom stereocenters. The Labute approximate surface area is 133 Å². The highest BCUT2D eigenvalue weighted by Crippen LogP contribution is 2.28. The lowest BCUT2D eigenvalue weighted by molar-refractivity contribution is 0.0697. The van der Waals surface area contributed by atoms with Crippen molar-refractivity contribution in [3.05, 3.63) is 65.9 Å². The molecule has 116 valence electrons. The lowest BCUT2D eigenvalue weighted by Gasteiger charge is -2.03. The summed E-state index contributed by atoms with van der Waals surface area (Å²) in [7, 11) is 1.59. The molecule has 5 heteroatoms. The van der Waals surface area contributed by atoms with Crippen LogP contribution in [0.3, 0.4) is 0 Å². The average Bonchev–Trinajstić information content (AvgIpc) is 2.93. The number of benzene rings is 2. The minimum Gasteiger partial charge on any atom is -0.497 e. The number of hydrogen-bond acceptors (Lipinski definition) is 3. The molecule has 3 aromatic rings. The lowest BCUT2D eigenvalue weighted by Crippen LogP contribution is -2.02. The van der Waals surface area contributed by atoms with Crippen molar-refractivity contribution in [1.82, 2.24) is 9.78 Å². The Kier molecular flexibility index (Phi) is 3.85. The molecule has 1 heterocycles. The number of para-hydroxylation sites is 1. The summed E-state index contributed by atoms with van der Waals surface area (Å²) < 4.78 is 6.79. The summed E-state index contributed by atoms with van der Waals surface area (Å²) in [5, 5.41) is 14.1. The van der Waals surface area contributed by atoms with Crippen molar-refractivity contribution in [1.29, 1.82) is 0 Å². The molecule has 0 spiro atoms. The molecule has 0 atom stereocenters. The normalized spacial score (nSPS) is 10.5. The molecule has 0 aliphatic rings. The van der Waals surface area contributed by atoms with Crippen molar-refractivity contribution in [2.75, 3.05) is 7.11 Å². The second-order valence-corrected chi connectivity index (χ2v) is 5.09. The van der Waals surface area contributed by atoms with Crippen LogP contribution >= 0.6 is 0 Å². The van der Waals surface area contributed by atoms with Crippen LogP contribution in [-0.2, 0) is 0 Å². The van der Waals surface area contributed by atoms with E-state index in [0.717, 1.165) is 11.3 Å². The number of aromatic carboxylic acids is 1. The first kappa shape index (κ1) is 14.8. The molecular formula is C18H16N2O3. The third-order valence-corrected chi connectivity index (χ3v) is 3.69. The van der Waals surface area contributed by atoms with E-state index in [9.17, 15) is 9.90 Å². The number of hydrogen-bond donors (Lipinski definition) is 1. The van der Waals surface area contributed by atoms with E-state index in [0.29, 0.717) is 17.1 Å². The van der Waals surface area contributed by atoms with Gasteiger partial charge in [-0.2, -0.15) is 5.10 Å². The summed E-state index contributed by atoms with van der Waals surface area (Å²) in [5.41, 5.74) is 2.81. The highest BCUT2D eigenvalue weighted by Gasteiger charge is 2.22. The zero-order valence-electron chi connectivity index (χ0n) is 12.9. The summed E-state index contributed by atoms with van der Waals surface area (Å²) in [6.45, 7) is 1.76. The lowest BCUT2D eigenvalue weighted by atomic mass is 10.1. The van der Waals surface area contributed by atoms with Crippen molar-refractivity contribution in [2.45, 2.75) is 6.92 Å². The van der Waals surface area contributed by atoms with Crippen LogP contribution in [0.25, 0.3) is 16.9 Å². The Morgan fingerprint density at radius 3 is 2.30 bits per heavy atom. The van der Waals surface area contributed by atoms with Crippen LogP contribution in [0.5, 0.6) is 5.75 Å². The predicted octanol–water partition coefficient (Wildman–Crippen LogP) is 3.55. The first-order chi connectivity index (χ1) is 11.1. The van der Waals surface area contributed by atoms with Gasteiger partial charge in [0.05, 0.1) is 18.5 Å². The number of rotatable bonds is 4. The summed E-state index contributed by atoms with van der Waals surface area (Å²) in [4.78, 5) is 11.7. The van der Waals surface area contributed by atoms with Crippen LogP contribution in [0.2, 0.25) is 0 Å². The van der Waals surface area contributed by atoms with Crippen LogP contribution in [0.15, 0.2) is 54.6 Å². The SMILES string of the molecule is COc1ccc(-c2nn(-c3ccccc3)c(C)c2C(=O)O)cc1. The van der Waals surface area contributed by atoms with Crippen molar-refractivity contribution >= 4 is 5.97 Å². The second kappa shape index (κ2) is 5.96. The van der Waals surface area contributed by atoms with Crippen LogP contribution in [0.4, 0.5) is 0 Å². The first-order valence-corrected chi connectivity index (χ1v) is 7.14. The van der Waals surface area contributed by atoms with E-state index in [-0.39, 0.29) is 5.56 Å². The van der Waals surface area contributed by atoms with Gasteiger partial charge in [-0.3, -0.25) is 0 Å². The van der Waals surface area contributed by atoms with E-state index in [1.165, 1.54) is 0 Å². The fourth-order valence-corrected chi connectivity index (χ4v) is 2.53. The number of aromatic nitrogens is 2. The van der Waals surface area contributed by atoms with Gasteiger partial charge in [0.15, 0.2) is 0 Å². The molecule has 0 aliphatic heterocycles. The van der Waals surface area contributed by atoms with Gasteiger partial charge in [0.2, 0.25) is 0 Å². The monoisotopic (exact) mass is 308 g/mol. The van der Waals surface area contributed by atoms with E-state index >= 15 is 0 Å². The molecule has 1 N–H and O–H groups in total. The fourth-order valence-electron chi connectivity index (χ4n) is 2.53. The van der Waals surface area contributed by atoms with Crippen molar-refractivity contribution in [2.24, 2.45) is 0 Å². The predicted molar refractivity (Wildman–Crippen MR) is 87.2 cm³/mol. The molecule has 0 radical (unpaired) electrons. The molecule has 5 nitrogen and oxygen atoms in total. The van der Waals surface area contributed by atoms with E-state index < -0.39 is 5.97 Å². The van der Waals surface area contributed by atoms with Crippen LogP contribution < -0.4 is 4.74 Å². The maximum atomic E-state index is 11.7. The number of carbonyl (C=O) groups is 1. The molecule has 2 aromatic carbocycles. The maximum absolute atomic E-state index is 11.7. The van der Waals surface area contributed by atoms with E-state index in [1.54, 1.807) is 30.8 Å². The number of nitrogens with zero attached hydrogens (tertiary/aromatic N) is 2. The number of carboxylic acid groups (broad SMARTS) is 1. The summed E-state index contributed by atoms with van der Waals surface area (Å²) >= 11 is 0. The first-order valence-electron chi connectivity index (χ1n) is 7.14. The Morgan fingerprint density at radius 2 is 1.74 bits per heavy atom. The summed E-state index contributed by atoms with van der Waals surface area (Å²) in [5.74, 6) is -0.277. The Bertz CT molecular complexity index is 837. The van der Waals surface area contributed by atoms with Crippen LogP contribution in [-0.4, -0.2) is 28.0 Å². The maximum Gasteiger partial charge on any atom is 0.339 e. The topological polar surface area (TPSA) is 64.4 Å². The highest BCUT2D eigenvalue weighted by atomic mass is 16.5. The average molecular weight is 308 g/mol. The number of methoxy groups -OCH3 is 1. The van der Waals surface area contributed by atoms with Gasteiger partial charge in [0.1, 0.15) is 17.0 Å². The minimum absolute atomic E-state index is 0.207. The Morgan fingerprint density at radius 1 is 1.09 bits per heavy atom. The van der Waals surface area contributed by atoms with Gasteiger partial charge in [-0.1, -0.05) is 18.2 Å². The molecule has 23 heavy (non-hydrogen) atoms. The standard InChI is InChI=1S/C18H16N2O3/c1-12-16(18(21)22)17(13-8-10-15(23-2)11-9-13)19-20(12)14-6-4-3-5-7-14/h3-11H,1-2H3,(H,21,22). The molecule has 1 aromatic heterocycles. The van der Waals surface area contributed by atoms with Gasteiger partial charge in [0.25, 0.3) is 0 Å². The number of carboxylic acids is 1. The summed E-state index contributed by atoms with van der Waals surface area (Å²) in [6, 6.07) is 16.7. The minimum atomic E-state index is -0.990. The fraction of sp³-hybridized carbons (Fsp3) is 0.111. The molecular weight excluding hydrogens is 292 g/mol. The van der Waals surface area contributed by atoms with Gasteiger partial charge < -0.3 is 9.84 Å². The molecule has 3 rings (SSSR count). The second-order valence-electron chi connectivity index (χ2n) is 5.09. The van der Waals surface area contributed by atoms with Gasteiger partial charge in [-0.05, 0) is 43.3 Å².